The number of hydrogen-bond donors (Lipinski definition) is 0. The van der Waals surface area contributed by atoms with Gasteiger partial charge in [-0.05, 0) is 43.1 Å². The monoisotopic (exact) mass is 379 g/mol. The molecule has 0 spiro atoms. The Morgan fingerprint density at radius 3 is 2.54 bits per heavy atom. The highest BCUT2D eigenvalue weighted by Crippen LogP contribution is 2.22. The summed E-state index contributed by atoms with van der Waals surface area (Å²) in [6.45, 7) is 6.20. The van der Waals surface area contributed by atoms with E-state index in [1.165, 1.54) is 16.7 Å². The number of aryl methyl sites for hydroxylation is 1. The number of ether oxygens (including phenoxy) is 1. The second-order valence-corrected chi connectivity index (χ2v) is 6.99. The van der Waals surface area contributed by atoms with Crippen molar-refractivity contribution in [3.05, 3.63) is 71.9 Å². The summed E-state index contributed by atoms with van der Waals surface area (Å²) in [5, 5.41) is 8.33. The molecule has 0 fully saturated rings. The zero-order valence-electron chi connectivity index (χ0n) is 17.0. The Balaban J connectivity index is 1.66. The lowest BCUT2D eigenvalue weighted by molar-refractivity contribution is 0.0185. The first-order chi connectivity index (χ1) is 13.7. The minimum absolute atomic E-state index is 0.217. The molecular formula is C23H29N3O2. The Hall–Kier alpha value is -2.50. The minimum Gasteiger partial charge on any atom is -0.422 e. The van der Waals surface area contributed by atoms with E-state index in [0.29, 0.717) is 24.9 Å². The molecule has 1 heterocycles. The largest absolute Gasteiger partial charge is 0.422 e. The number of rotatable bonds is 10. The highest BCUT2D eigenvalue weighted by molar-refractivity contribution is 5.63. The lowest BCUT2D eigenvalue weighted by Gasteiger charge is -2.22. The molecule has 2 aromatic carbocycles. The first kappa shape index (κ1) is 20.2. The maximum atomic E-state index is 5.88. The summed E-state index contributed by atoms with van der Waals surface area (Å²) in [7, 11) is 2.09. The van der Waals surface area contributed by atoms with E-state index in [-0.39, 0.29) is 6.10 Å². The summed E-state index contributed by atoms with van der Waals surface area (Å²) in [5.74, 6) is 1.25. The molecule has 0 amide bonds. The van der Waals surface area contributed by atoms with Crippen LogP contribution in [0, 0.1) is 0 Å². The van der Waals surface area contributed by atoms with Crippen molar-refractivity contribution in [2.75, 3.05) is 20.2 Å². The number of likely N-dealkylation sites (N-methyl/N-ethyl adjacent to an activating group) is 1. The van der Waals surface area contributed by atoms with Gasteiger partial charge in [-0.2, -0.15) is 0 Å². The van der Waals surface area contributed by atoms with Gasteiger partial charge in [-0.1, -0.05) is 55.5 Å². The van der Waals surface area contributed by atoms with Gasteiger partial charge >= 0.3 is 0 Å². The second-order valence-electron chi connectivity index (χ2n) is 6.99. The summed E-state index contributed by atoms with van der Waals surface area (Å²) in [4.78, 5) is 2.23. The fourth-order valence-electron chi connectivity index (χ4n) is 3.25. The zero-order valence-corrected chi connectivity index (χ0v) is 17.0. The third-order valence-corrected chi connectivity index (χ3v) is 4.55. The van der Waals surface area contributed by atoms with E-state index < -0.39 is 0 Å². The molecule has 0 N–H and O–H groups in total. The number of aromatic nitrogens is 2. The smallest absolute Gasteiger partial charge is 0.246 e. The van der Waals surface area contributed by atoms with Crippen molar-refractivity contribution in [3.8, 4) is 11.1 Å². The van der Waals surface area contributed by atoms with Crippen molar-refractivity contribution >= 4 is 0 Å². The fourth-order valence-corrected chi connectivity index (χ4v) is 3.25. The summed E-state index contributed by atoms with van der Waals surface area (Å²) < 4.78 is 11.7. The van der Waals surface area contributed by atoms with Gasteiger partial charge in [0.2, 0.25) is 11.8 Å². The maximum absolute atomic E-state index is 5.88. The number of hydrogen-bond acceptors (Lipinski definition) is 5. The zero-order chi connectivity index (χ0) is 19.8. The Kier molecular flexibility index (Phi) is 7.34. The highest BCUT2D eigenvalue weighted by atomic mass is 16.5. The van der Waals surface area contributed by atoms with Crippen LogP contribution in [0.1, 0.15) is 43.7 Å². The van der Waals surface area contributed by atoms with E-state index in [4.69, 9.17) is 9.15 Å². The molecule has 0 radical (unpaired) electrons. The average molecular weight is 380 g/mol. The van der Waals surface area contributed by atoms with Crippen LogP contribution in [-0.2, 0) is 17.7 Å². The molecule has 1 aromatic heterocycles. The molecule has 0 bridgehead atoms. The Bertz CT molecular complexity index is 848. The highest BCUT2D eigenvalue weighted by Gasteiger charge is 2.21. The van der Waals surface area contributed by atoms with Crippen LogP contribution >= 0.6 is 0 Å². The Morgan fingerprint density at radius 2 is 1.79 bits per heavy atom. The predicted octanol–water partition coefficient (Wildman–Crippen LogP) is 4.90. The molecule has 148 valence electrons. The van der Waals surface area contributed by atoms with Crippen molar-refractivity contribution in [1.82, 2.24) is 15.1 Å². The molecule has 0 saturated carbocycles. The molecule has 0 aliphatic heterocycles. The van der Waals surface area contributed by atoms with Crippen molar-refractivity contribution in [2.45, 2.75) is 39.3 Å². The lowest BCUT2D eigenvalue weighted by atomic mass is 10.0. The first-order valence-electron chi connectivity index (χ1n) is 9.96. The van der Waals surface area contributed by atoms with Crippen LogP contribution in [0.5, 0.6) is 0 Å². The van der Waals surface area contributed by atoms with Gasteiger partial charge in [0.15, 0.2) is 0 Å². The topological polar surface area (TPSA) is 51.4 Å². The van der Waals surface area contributed by atoms with Gasteiger partial charge < -0.3 is 9.15 Å². The molecule has 0 aliphatic rings. The SMILES string of the molecule is CCCc1nnc(C(CN(C)Cc2cccc(-c3ccccc3)c2)OCC)o1. The third-order valence-electron chi connectivity index (χ3n) is 4.55. The number of benzene rings is 2. The predicted molar refractivity (Wildman–Crippen MR) is 111 cm³/mol. The van der Waals surface area contributed by atoms with Crippen LogP contribution in [0.15, 0.2) is 59.0 Å². The van der Waals surface area contributed by atoms with E-state index in [1.54, 1.807) is 0 Å². The van der Waals surface area contributed by atoms with Crippen molar-refractivity contribution in [1.29, 1.82) is 0 Å². The van der Waals surface area contributed by atoms with Gasteiger partial charge in [0, 0.05) is 26.1 Å². The van der Waals surface area contributed by atoms with Crippen molar-refractivity contribution in [2.24, 2.45) is 0 Å². The molecule has 5 nitrogen and oxygen atoms in total. The molecule has 1 atom stereocenters. The quantitative estimate of drug-likeness (QED) is 0.501. The standard InChI is InChI=1S/C23H29N3O2/c1-4-10-22-24-25-23(28-22)21(27-5-2)17-26(3)16-18-11-9-14-20(15-18)19-12-7-6-8-13-19/h6-9,11-15,21H,4-5,10,16-17H2,1-3H3. The molecular weight excluding hydrogens is 350 g/mol. The molecule has 0 aliphatic carbocycles. The van der Waals surface area contributed by atoms with Gasteiger partial charge in [-0.25, -0.2) is 0 Å². The van der Waals surface area contributed by atoms with Gasteiger partial charge in [0.1, 0.15) is 6.10 Å². The van der Waals surface area contributed by atoms with E-state index >= 15 is 0 Å². The number of nitrogens with zero attached hydrogens (tertiary/aromatic N) is 3. The van der Waals surface area contributed by atoms with Crippen molar-refractivity contribution in [3.63, 3.8) is 0 Å². The van der Waals surface area contributed by atoms with Crippen LogP contribution in [0.25, 0.3) is 11.1 Å². The second kappa shape index (κ2) is 10.2. The van der Waals surface area contributed by atoms with Crippen LogP contribution in [0.3, 0.4) is 0 Å². The minimum atomic E-state index is -0.217. The van der Waals surface area contributed by atoms with E-state index in [0.717, 1.165) is 19.4 Å². The summed E-state index contributed by atoms with van der Waals surface area (Å²) >= 11 is 0. The van der Waals surface area contributed by atoms with Gasteiger partial charge in [-0.15, -0.1) is 10.2 Å². The Labute approximate surface area is 167 Å². The molecule has 28 heavy (non-hydrogen) atoms. The van der Waals surface area contributed by atoms with Crippen LogP contribution in [0.2, 0.25) is 0 Å². The normalized spacial score (nSPS) is 12.4. The van der Waals surface area contributed by atoms with Crippen LogP contribution in [0.4, 0.5) is 0 Å². The van der Waals surface area contributed by atoms with Crippen molar-refractivity contribution < 1.29 is 9.15 Å². The summed E-state index contributed by atoms with van der Waals surface area (Å²) in [6, 6.07) is 19.1. The van der Waals surface area contributed by atoms with Crippen LogP contribution in [-0.4, -0.2) is 35.3 Å². The summed E-state index contributed by atoms with van der Waals surface area (Å²) in [5.41, 5.74) is 3.72. The fraction of sp³-hybridized carbons (Fsp3) is 0.391. The molecule has 1 unspecified atom stereocenters. The van der Waals surface area contributed by atoms with E-state index in [2.05, 4.69) is 77.6 Å². The van der Waals surface area contributed by atoms with E-state index in [9.17, 15) is 0 Å². The average Bonchev–Trinajstić information content (AvgIpc) is 3.17. The molecule has 3 aromatic rings. The molecule has 5 heteroatoms. The third kappa shape index (κ3) is 5.50. The van der Waals surface area contributed by atoms with Gasteiger partial charge in [-0.3, -0.25) is 4.90 Å². The maximum Gasteiger partial charge on any atom is 0.246 e. The Morgan fingerprint density at radius 1 is 1.00 bits per heavy atom. The van der Waals surface area contributed by atoms with Gasteiger partial charge in [0.25, 0.3) is 0 Å². The molecule has 3 rings (SSSR count). The lowest BCUT2D eigenvalue weighted by Crippen LogP contribution is -2.26. The molecule has 0 saturated heterocycles. The summed E-state index contributed by atoms with van der Waals surface area (Å²) in [6.07, 6.45) is 1.57. The first-order valence-corrected chi connectivity index (χ1v) is 9.96. The van der Waals surface area contributed by atoms with E-state index in [1.807, 2.05) is 13.0 Å². The van der Waals surface area contributed by atoms with Crippen LogP contribution < -0.4 is 0 Å². The van der Waals surface area contributed by atoms with Gasteiger partial charge in [0.05, 0.1) is 0 Å².